The number of nitrogens with zero attached hydrogens (tertiary/aromatic N) is 3. The second-order valence-corrected chi connectivity index (χ2v) is 5.09. The lowest BCUT2D eigenvalue weighted by Gasteiger charge is -1.97. The van der Waals surface area contributed by atoms with Gasteiger partial charge in [0.2, 0.25) is 0 Å². The molecule has 0 aromatic carbocycles. The highest BCUT2D eigenvalue weighted by molar-refractivity contribution is 5.89. The molecule has 6 heteroatoms. The van der Waals surface area contributed by atoms with Gasteiger partial charge in [0.25, 0.3) is 0 Å². The van der Waals surface area contributed by atoms with Gasteiger partial charge in [-0.25, -0.2) is 0 Å². The fourth-order valence-electron chi connectivity index (χ4n) is 2.41. The molecule has 0 atom stereocenters. The number of terminal acetylenes is 1. The maximum Gasteiger partial charge on any atom is 0.164 e. The zero-order chi connectivity index (χ0) is 13.5. The number of fused-ring (bicyclic) bond motifs is 1. The number of H-pyrrole nitrogens is 2. The topological polar surface area (TPSA) is 74.3 Å². The summed E-state index contributed by atoms with van der Waals surface area (Å²) in [6.07, 6.45) is 9.79. The molecular formula is C14H14N6. The molecule has 0 saturated heterocycles. The molecule has 3 N–H and O–H groups in total. The van der Waals surface area contributed by atoms with Gasteiger partial charge in [-0.15, -0.1) is 6.42 Å². The van der Waals surface area contributed by atoms with Gasteiger partial charge in [0.1, 0.15) is 5.82 Å². The van der Waals surface area contributed by atoms with Crippen LogP contribution in [0.25, 0.3) is 11.0 Å². The minimum atomic E-state index is 0.516. The number of hydrogen-bond donors (Lipinski definition) is 3. The number of aromatic amines is 2. The summed E-state index contributed by atoms with van der Waals surface area (Å²) in [5, 5.41) is 18.9. The molecule has 6 nitrogen and oxygen atoms in total. The van der Waals surface area contributed by atoms with Crippen LogP contribution in [0.5, 0.6) is 0 Å². The first kappa shape index (κ1) is 11.2. The van der Waals surface area contributed by atoms with Gasteiger partial charge < -0.3 is 9.88 Å². The van der Waals surface area contributed by atoms with E-state index in [9.17, 15) is 0 Å². The Kier molecular flexibility index (Phi) is 2.33. The Morgan fingerprint density at radius 2 is 2.30 bits per heavy atom. The van der Waals surface area contributed by atoms with Crippen LogP contribution in [0.2, 0.25) is 0 Å². The van der Waals surface area contributed by atoms with Crippen molar-refractivity contribution in [3.63, 3.8) is 0 Å². The molecule has 0 aliphatic heterocycles. The first-order valence-electron chi connectivity index (χ1n) is 6.64. The normalized spacial score (nSPS) is 14.6. The summed E-state index contributed by atoms with van der Waals surface area (Å²) in [4.78, 5) is 0. The van der Waals surface area contributed by atoms with Crippen LogP contribution in [0.3, 0.4) is 0 Å². The Hall–Kier alpha value is -2.68. The first-order valence-corrected chi connectivity index (χ1v) is 6.64. The average Bonchev–Trinajstić information content (AvgIpc) is 2.90. The Balaban J connectivity index is 1.63. The van der Waals surface area contributed by atoms with Gasteiger partial charge >= 0.3 is 0 Å². The summed E-state index contributed by atoms with van der Waals surface area (Å²) in [6, 6.07) is 4.05. The molecule has 3 aromatic heterocycles. The second-order valence-electron chi connectivity index (χ2n) is 5.09. The summed E-state index contributed by atoms with van der Waals surface area (Å²) >= 11 is 0. The molecule has 0 unspecified atom stereocenters. The highest BCUT2D eigenvalue weighted by Gasteiger charge is 2.25. The first-order chi connectivity index (χ1) is 9.85. The van der Waals surface area contributed by atoms with Crippen LogP contribution in [0.15, 0.2) is 18.3 Å². The number of aromatic nitrogens is 5. The van der Waals surface area contributed by atoms with Crippen molar-refractivity contribution < 1.29 is 0 Å². The van der Waals surface area contributed by atoms with Crippen LogP contribution in [0, 0.1) is 12.3 Å². The Morgan fingerprint density at radius 3 is 3.10 bits per heavy atom. The molecule has 100 valence electrons. The van der Waals surface area contributed by atoms with Crippen LogP contribution < -0.4 is 5.32 Å². The molecule has 1 aliphatic carbocycles. The summed E-state index contributed by atoms with van der Waals surface area (Å²) in [5.74, 6) is 4.92. The predicted molar refractivity (Wildman–Crippen MR) is 76.8 cm³/mol. The van der Waals surface area contributed by atoms with Crippen molar-refractivity contribution in [2.45, 2.75) is 25.3 Å². The van der Waals surface area contributed by atoms with E-state index in [1.807, 2.05) is 16.8 Å². The molecule has 0 bridgehead atoms. The summed E-state index contributed by atoms with van der Waals surface area (Å²) in [5.41, 5.74) is 2.05. The van der Waals surface area contributed by atoms with Gasteiger partial charge in [0, 0.05) is 23.9 Å². The van der Waals surface area contributed by atoms with E-state index in [1.165, 1.54) is 18.5 Å². The second kappa shape index (κ2) is 4.17. The van der Waals surface area contributed by atoms with Crippen LogP contribution in [-0.2, 0) is 6.54 Å². The van der Waals surface area contributed by atoms with Crippen LogP contribution in [-0.4, -0.2) is 25.0 Å². The summed E-state index contributed by atoms with van der Waals surface area (Å²) < 4.78 is 1.93. The lowest BCUT2D eigenvalue weighted by atomic mass is 10.3. The molecule has 3 heterocycles. The molecule has 0 spiro atoms. The van der Waals surface area contributed by atoms with Crippen molar-refractivity contribution in [3.8, 4) is 12.3 Å². The van der Waals surface area contributed by atoms with Crippen LogP contribution in [0.1, 0.15) is 24.5 Å². The lowest BCUT2D eigenvalue weighted by molar-refractivity contribution is 0.862. The highest BCUT2D eigenvalue weighted by atomic mass is 15.3. The van der Waals surface area contributed by atoms with Crippen LogP contribution >= 0.6 is 0 Å². The fourth-order valence-corrected chi connectivity index (χ4v) is 2.41. The SMILES string of the molecule is C#CCn1ccc2c(Nc3cc(C4CC4)[nH]n3)[nH]nc21. The maximum atomic E-state index is 5.34. The van der Waals surface area contributed by atoms with Crippen molar-refractivity contribution in [3.05, 3.63) is 24.0 Å². The maximum absolute atomic E-state index is 5.34. The van der Waals surface area contributed by atoms with Gasteiger partial charge in [-0.3, -0.25) is 10.2 Å². The quantitative estimate of drug-likeness (QED) is 0.634. The van der Waals surface area contributed by atoms with Gasteiger partial charge in [0.15, 0.2) is 11.5 Å². The molecule has 1 fully saturated rings. The monoisotopic (exact) mass is 266 g/mol. The van der Waals surface area contributed by atoms with Gasteiger partial charge in [0.05, 0.1) is 11.9 Å². The number of rotatable bonds is 4. The zero-order valence-corrected chi connectivity index (χ0v) is 10.8. The summed E-state index contributed by atoms with van der Waals surface area (Å²) in [6.45, 7) is 0.516. The fraction of sp³-hybridized carbons (Fsp3) is 0.286. The van der Waals surface area contributed by atoms with E-state index in [4.69, 9.17) is 6.42 Å². The number of hydrogen-bond acceptors (Lipinski definition) is 3. The third-order valence-corrected chi connectivity index (χ3v) is 3.61. The van der Waals surface area contributed by atoms with E-state index in [1.54, 1.807) is 0 Å². The van der Waals surface area contributed by atoms with E-state index < -0.39 is 0 Å². The van der Waals surface area contributed by atoms with E-state index in [2.05, 4.69) is 37.7 Å². The zero-order valence-electron chi connectivity index (χ0n) is 10.8. The van der Waals surface area contributed by atoms with Gasteiger partial charge in [-0.2, -0.15) is 10.2 Å². The number of nitrogens with one attached hydrogen (secondary N) is 3. The molecule has 0 amide bonds. The summed E-state index contributed by atoms with van der Waals surface area (Å²) in [7, 11) is 0. The van der Waals surface area contributed by atoms with Crippen molar-refractivity contribution in [2.75, 3.05) is 5.32 Å². The molecule has 20 heavy (non-hydrogen) atoms. The van der Waals surface area contributed by atoms with Gasteiger partial charge in [-0.1, -0.05) is 5.92 Å². The van der Waals surface area contributed by atoms with E-state index in [-0.39, 0.29) is 0 Å². The Morgan fingerprint density at radius 1 is 1.40 bits per heavy atom. The lowest BCUT2D eigenvalue weighted by Crippen LogP contribution is -1.92. The van der Waals surface area contributed by atoms with E-state index in [0.717, 1.165) is 22.7 Å². The minimum absolute atomic E-state index is 0.516. The van der Waals surface area contributed by atoms with Crippen molar-refractivity contribution in [1.82, 2.24) is 25.0 Å². The third-order valence-electron chi connectivity index (χ3n) is 3.61. The molecule has 4 rings (SSSR count). The largest absolute Gasteiger partial charge is 0.323 e. The smallest absolute Gasteiger partial charge is 0.164 e. The average molecular weight is 266 g/mol. The molecule has 1 saturated carbocycles. The number of anilines is 2. The Bertz CT molecular complexity index is 795. The van der Waals surface area contributed by atoms with Crippen molar-refractivity contribution in [2.24, 2.45) is 0 Å². The van der Waals surface area contributed by atoms with E-state index in [0.29, 0.717) is 12.5 Å². The predicted octanol–water partition coefficient (Wildman–Crippen LogP) is 2.34. The van der Waals surface area contributed by atoms with E-state index >= 15 is 0 Å². The van der Waals surface area contributed by atoms with Gasteiger partial charge in [-0.05, 0) is 18.9 Å². The molecule has 0 radical (unpaired) electrons. The van der Waals surface area contributed by atoms with Crippen molar-refractivity contribution >= 4 is 22.7 Å². The molecular weight excluding hydrogens is 252 g/mol. The van der Waals surface area contributed by atoms with Crippen LogP contribution in [0.4, 0.5) is 11.6 Å². The highest BCUT2D eigenvalue weighted by Crippen LogP contribution is 2.39. The standard InChI is InChI=1S/C14H14N6/c1-2-6-20-7-5-10-13(18-19-14(10)20)15-12-8-11(16-17-12)9-3-4-9/h1,5,7-9H,3-4,6H2,(H3,15,16,17,18,19). The molecule has 1 aliphatic rings. The molecule has 3 aromatic rings. The third kappa shape index (κ3) is 1.75. The minimum Gasteiger partial charge on any atom is -0.323 e. The van der Waals surface area contributed by atoms with Crippen molar-refractivity contribution in [1.29, 1.82) is 0 Å². The Labute approximate surface area is 115 Å².